The second kappa shape index (κ2) is 4.55. The van der Waals surface area contributed by atoms with Crippen LogP contribution in [0, 0.1) is 0 Å². The molecule has 0 bridgehead atoms. The largest absolute Gasteiger partial charge is 0.273 e. The molecule has 1 heterocycles. The number of hydrogen-bond donors (Lipinski definition) is 0. The van der Waals surface area contributed by atoms with Gasteiger partial charge in [-0.25, -0.2) is 0 Å². The lowest BCUT2D eigenvalue weighted by Crippen LogP contribution is -2.27. The third kappa shape index (κ3) is 2.19. The third-order valence-corrected chi connectivity index (χ3v) is 4.18. The molecule has 0 unspecified atom stereocenters. The Morgan fingerprint density at radius 3 is 2.53 bits per heavy atom. The number of hydrogen-bond acceptors (Lipinski definition) is 4. The zero-order chi connectivity index (χ0) is 10.8. The molecule has 0 spiro atoms. The normalized spacial score (nSPS) is 16.2. The van der Waals surface area contributed by atoms with Crippen LogP contribution >= 0.6 is 35.7 Å². The van der Waals surface area contributed by atoms with Gasteiger partial charge in [0.1, 0.15) is 4.32 Å². The van der Waals surface area contributed by atoms with Gasteiger partial charge in [-0.3, -0.25) is 9.69 Å². The van der Waals surface area contributed by atoms with Crippen molar-refractivity contribution in [3.63, 3.8) is 0 Å². The average Bonchev–Trinajstić information content (AvgIpc) is 2.59. The van der Waals surface area contributed by atoms with Crippen LogP contribution in [0.25, 0.3) is 0 Å². The van der Waals surface area contributed by atoms with Gasteiger partial charge in [0.2, 0.25) is 5.91 Å². The molecule has 15 heavy (non-hydrogen) atoms. The number of thiocarbonyl (C=S) groups is 1. The maximum atomic E-state index is 11.6. The van der Waals surface area contributed by atoms with E-state index in [1.807, 2.05) is 30.5 Å². The molecule has 1 aliphatic heterocycles. The molecular formula is C10H9NOS3. The van der Waals surface area contributed by atoms with Crippen LogP contribution in [-0.4, -0.2) is 22.2 Å². The van der Waals surface area contributed by atoms with Crippen molar-refractivity contribution in [3.8, 4) is 0 Å². The van der Waals surface area contributed by atoms with E-state index >= 15 is 0 Å². The summed E-state index contributed by atoms with van der Waals surface area (Å²) in [4.78, 5) is 14.3. The Hall–Kier alpha value is -0.520. The Bertz CT molecular complexity index is 386. The Morgan fingerprint density at radius 2 is 2.07 bits per heavy atom. The van der Waals surface area contributed by atoms with E-state index < -0.39 is 0 Å². The number of benzene rings is 1. The summed E-state index contributed by atoms with van der Waals surface area (Å²) in [5.41, 5.74) is 0.868. The van der Waals surface area contributed by atoms with E-state index in [-0.39, 0.29) is 5.91 Å². The van der Waals surface area contributed by atoms with Crippen LogP contribution < -0.4 is 4.90 Å². The summed E-state index contributed by atoms with van der Waals surface area (Å²) in [5.74, 6) is 0.533. The molecule has 1 amide bonds. The lowest BCUT2D eigenvalue weighted by molar-refractivity contribution is -0.115. The number of amides is 1. The summed E-state index contributed by atoms with van der Waals surface area (Å²) < 4.78 is 0.650. The average molecular weight is 255 g/mol. The minimum absolute atomic E-state index is 0.0712. The molecule has 1 aliphatic rings. The smallest absolute Gasteiger partial charge is 0.243 e. The summed E-state index contributed by atoms with van der Waals surface area (Å²) in [5, 5.41) is 0. The molecule has 1 saturated heterocycles. The van der Waals surface area contributed by atoms with Crippen molar-refractivity contribution in [2.24, 2.45) is 0 Å². The molecule has 0 atom stereocenters. The number of anilines is 1. The second-order valence-electron chi connectivity index (χ2n) is 2.98. The van der Waals surface area contributed by atoms with E-state index in [2.05, 4.69) is 0 Å². The minimum atomic E-state index is 0.0712. The lowest BCUT2D eigenvalue weighted by atomic mass is 10.3. The molecule has 2 rings (SSSR count). The monoisotopic (exact) mass is 255 g/mol. The molecule has 1 aromatic carbocycles. The number of rotatable bonds is 2. The van der Waals surface area contributed by atoms with Crippen LogP contribution in [0.5, 0.6) is 0 Å². The van der Waals surface area contributed by atoms with Crippen LogP contribution in [0.15, 0.2) is 29.2 Å². The van der Waals surface area contributed by atoms with Crippen molar-refractivity contribution in [1.82, 2.24) is 0 Å². The van der Waals surface area contributed by atoms with Gasteiger partial charge < -0.3 is 0 Å². The fourth-order valence-electron chi connectivity index (χ4n) is 1.34. The standard InChI is InChI=1S/C10H9NOS3/c1-14-8-4-2-7(3-5-8)11-9(12)6-15-10(11)13/h2-5H,6H2,1H3. The molecule has 2 nitrogen and oxygen atoms in total. The number of nitrogens with zero attached hydrogens (tertiary/aromatic N) is 1. The summed E-state index contributed by atoms with van der Waals surface area (Å²) >= 11 is 8.22. The van der Waals surface area contributed by atoms with Crippen LogP contribution in [0.2, 0.25) is 0 Å². The molecule has 0 aromatic heterocycles. The first kappa shape index (κ1) is 11.0. The summed E-state index contributed by atoms with van der Waals surface area (Å²) in [7, 11) is 0. The zero-order valence-corrected chi connectivity index (χ0v) is 10.5. The van der Waals surface area contributed by atoms with Crippen LogP contribution in [0.1, 0.15) is 0 Å². The Kier molecular flexibility index (Phi) is 3.33. The highest BCUT2D eigenvalue weighted by Crippen LogP contribution is 2.28. The number of thioether (sulfide) groups is 2. The molecule has 1 aromatic rings. The van der Waals surface area contributed by atoms with Gasteiger partial charge in [-0.2, -0.15) is 0 Å². The van der Waals surface area contributed by atoms with E-state index in [9.17, 15) is 4.79 Å². The Labute approximate surface area is 102 Å². The quantitative estimate of drug-likeness (QED) is 0.598. The van der Waals surface area contributed by atoms with E-state index in [1.54, 1.807) is 16.7 Å². The van der Waals surface area contributed by atoms with Gasteiger partial charge in [0.05, 0.1) is 11.4 Å². The molecule has 0 aliphatic carbocycles. The predicted octanol–water partition coefficient (Wildman–Crippen LogP) is 2.77. The van der Waals surface area contributed by atoms with Gasteiger partial charge in [0, 0.05) is 4.90 Å². The number of carbonyl (C=O) groups excluding carboxylic acids is 1. The Balaban J connectivity index is 2.29. The maximum absolute atomic E-state index is 11.6. The second-order valence-corrected chi connectivity index (χ2v) is 5.47. The van der Waals surface area contributed by atoms with Crippen molar-refractivity contribution in [1.29, 1.82) is 0 Å². The summed E-state index contributed by atoms with van der Waals surface area (Å²) in [6.45, 7) is 0. The molecule has 1 fully saturated rings. The van der Waals surface area contributed by atoms with Gasteiger partial charge in [0.15, 0.2) is 0 Å². The van der Waals surface area contributed by atoms with E-state index in [4.69, 9.17) is 12.2 Å². The van der Waals surface area contributed by atoms with Crippen molar-refractivity contribution < 1.29 is 4.79 Å². The van der Waals surface area contributed by atoms with Gasteiger partial charge in [0.25, 0.3) is 0 Å². The van der Waals surface area contributed by atoms with Crippen molar-refractivity contribution in [3.05, 3.63) is 24.3 Å². The molecule has 0 N–H and O–H groups in total. The van der Waals surface area contributed by atoms with E-state index in [0.717, 1.165) is 5.69 Å². The predicted molar refractivity (Wildman–Crippen MR) is 70.8 cm³/mol. The lowest BCUT2D eigenvalue weighted by Gasteiger charge is -2.14. The van der Waals surface area contributed by atoms with Crippen LogP contribution in [-0.2, 0) is 4.79 Å². The highest BCUT2D eigenvalue weighted by atomic mass is 32.2. The molecule has 0 radical (unpaired) electrons. The summed E-state index contributed by atoms with van der Waals surface area (Å²) in [6.07, 6.45) is 2.02. The van der Waals surface area contributed by atoms with Gasteiger partial charge >= 0.3 is 0 Å². The van der Waals surface area contributed by atoms with E-state index in [0.29, 0.717) is 10.1 Å². The molecule has 0 saturated carbocycles. The summed E-state index contributed by atoms with van der Waals surface area (Å²) in [6, 6.07) is 7.86. The number of carbonyl (C=O) groups is 1. The van der Waals surface area contributed by atoms with Crippen molar-refractivity contribution in [2.75, 3.05) is 16.9 Å². The third-order valence-electron chi connectivity index (χ3n) is 2.08. The Morgan fingerprint density at radius 1 is 1.40 bits per heavy atom. The first-order chi connectivity index (χ1) is 7.22. The first-order valence-corrected chi connectivity index (χ1v) is 6.98. The van der Waals surface area contributed by atoms with Gasteiger partial charge in [-0.15, -0.1) is 11.8 Å². The zero-order valence-electron chi connectivity index (χ0n) is 8.10. The molecule has 5 heteroatoms. The SMILES string of the molecule is CSc1ccc(N2C(=O)CSC2=S)cc1. The van der Waals surface area contributed by atoms with Gasteiger partial charge in [-0.05, 0) is 30.5 Å². The van der Waals surface area contributed by atoms with Crippen molar-refractivity contribution >= 4 is 51.7 Å². The fraction of sp³-hybridized carbons (Fsp3) is 0.200. The topological polar surface area (TPSA) is 20.3 Å². The van der Waals surface area contributed by atoms with Crippen LogP contribution in [0.3, 0.4) is 0 Å². The fourth-order valence-corrected chi connectivity index (χ4v) is 2.84. The molecule has 78 valence electrons. The minimum Gasteiger partial charge on any atom is -0.273 e. The highest BCUT2D eigenvalue weighted by Gasteiger charge is 2.27. The van der Waals surface area contributed by atoms with E-state index in [1.165, 1.54) is 16.7 Å². The maximum Gasteiger partial charge on any atom is 0.243 e. The molecular weight excluding hydrogens is 246 g/mol. The highest BCUT2D eigenvalue weighted by molar-refractivity contribution is 8.24. The van der Waals surface area contributed by atoms with Crippen LogP contribution in [0.4, 0.5) is 5.69 Å². The van der Waals surface area contributed by atoms with Crippen molar-refractivity contribution in [2.45, 2.75) is 4.90 Å². The van der Waals surface area contributed by atoms with Gasteiger partial charge in [-0.1, -0.05) is 24.0 Å². The first-order valence-electron chi connectivity index (χ1n) is 4.36.